The summed E-state index contributed by atoms with van der Waals surface area (Å²) < 4.78 is 0. The van der Waals surface area contributed by atoms with Crippen LogP contribution in [0.5, 0.6) is 0 Å². The zero-order valence-corrected chi connectivity index (χ0v) is 18.2. The van der Waals surface area contributed by atoms with Gasteiger partial charge < -0.3 is 5.32 Å². The maximum Gasteiger partial charge on any atom is 0.225 e. The van der Waals surface area contributed by atoms with Gasteiger partial charge >= 0.3 is 0 Å². The van der Waals surface area contributed by atoms with Gasteiger partial charge in [0.15, 0.2) is 5.78 Å². The molecule has 3 aromatic carbocycles. The predicted molar refractivity (Wildman–Crippen MR) is 122 cm³/mol. The SMILES string of the molecule is O=C(CCSc1ccc(Cl)cc1)Nc1ccc(Cl)cc1C(=O)c1ccccc1Cl. The molecule has 0 aromatic heterocycles. The molecular weight excluding hydrogens is 449 g/mol. The van der Waals surface area contributed by atoms with Gasteiger partial charge in [0.2, 0.25) is 5.91 Å². The van der Waals surface area contributed by atoms with Gasteiger partial charge in [0.05, 0.1) is 10.7 Å². The third kappa shape index (κ3) is 6.00. The summed E-state index contributed by atoms with van der Waals surface area (Å²) in [6, 6.07) is 19.0. The van der Waals surface area contributed by atoms with Gasteiger partial charge in [-0.05, 0) is 54.6 Å². The molecule has 0 radical (unpaired) electrons. The van der Waals surface area contributed by atoms with Crippen molar-refractivity contribution in [2.75, 3.05) is 11.1 Å². The van der Waals surface area contributed by atoms with Crippen LogP contribution >= 0.6 is 46.6 Å². The van der Waals surface area contributed by atoms with Gasteiger partial charge in [0, 0.05) is 38.2 Å². The van der Waals surface area contributed by atoms with E-state index in [2.05, 4.69) is 5.32 Å². The minimum atomic E-state index is -0.302. The molecular formula is C22H16Cl3NO2S. The number of carbonyl (C=O) groups excluding carboxylic acids is 2. The molecule has 0 saturated heterocycles. The maximum absolute atomic E-state index is 12.9. The highest BCUT2D eigenvalue weighted by molar-refractivity contribution is 7.99. The number of hydrogen-bond acceptors (Lipinski definition) is 3. The molecule has 0 spiro atoms. The van der Waals surface area contributed by atoms with Gasteiger partial charge in [-0.2, -0.15) is 0 Å². The van der Waals surface area contributed by atoms with Crippen molar-refractivity contribution in [1.82, 2.24) is 0 Å². The Balaban J connectivity index is 1.69. The number of benzene rings is 3. The smallest absolute Gasteiger partial charge is 0.225 e. The van der Waals surface area contributed by atoms with Crippen molar-refractivity contribution in [2.45, 2.75) is 11.3 Å². The normalized spacial score (nSPS) is 10.6. The molecule has 0 aliphatic heterocycles. The van der Waals surface area contributed by atoms with E-state index < -0.39 is 0 Å². The predicted octanol–water partition coefficient (Wildman–Crippen LogP) is 7.00. The molecule has 1 amide bonds. The van der Waals surface area contributed by atoms with Crippen LogP contribution in [0.25, 0.3) is 0 Å². The number of amides is 1. The van der Waals surface area contributed by atoms with Gasteiger partial charge in [-0.1, -0.05) is 46.9 Å². The van der Waals surface area contributed by atoms with E-state index in [0.717, 1.165) is 4.90 Å². The second-order valence-electron chi connectivity index (χ2n) is 6.10. The van der Waals surface area contributed by atoms with Crippen molar-refractivity contribution in [3.8, 4) is 0 Å². The molecule has 29 heavy (non-hydrogen) atoms. The number of anilines is 1. The van der Waals surface area contributed by atoms with Gasteiger partial charge in [0.1, 0.15) is 0 Å². The molecule has 0 fully saturated rings. The highest BCUT2D eigenvalue weighted by Gasteiger charge is 2.18. The van der Waals surface area contributed by atoms with Crippen LogP contribution in [0, 0.1) is 0 Å². The van der Waals surface area contributed by atoms with Crippen molar-refractivity contribution in [3.05, 3.63) is 92.9 Å². The fourth-order valence-corrected chi connectivity index (χ4v) is 3.98. The zero-order valence-electron chi connectivity index (χ0n) is 15.1. The van der Waals surface area contributed by atoms with E-state index >= 15 is 0 Å². The number of thioether (sulfide) groups is 1. The molecule has 3 aromatic rings. The number of halogens is 3. The summed E-state index contributed by atoms with van der Waals surface area (Å²) in [6.07, 6.45) is 0.287. The number of carbonyl (C=O) groups is 2. The lowest BCUT2D eigenvalue weighted by atomic mass is 10.0. The standard InChI is InChI=1S/C22H16Cl3NO2S/c23-14-5-8-16(9-6-14)29-12-11-21(27)26-20-10-7-15(24)13-18(20)22(28)17-3-1-2-4-19(17)25/h1-10,13H,11-12H2,(H,26,27). The van der Waals surface area contributed by atoms with Gasteiger partial charge in [-0.25, -0.2) is 0 Å². The summed E-state index contributed by atoms with van der Waals surface area (Å²) in [7, 11) is 0. The fraction of sp³-hybridized carbons (Fsp3) is 0.0909. The molecule has 1 N–H and O–H groups in total. The topological polar surface area (TPSA) is 46.2 Å². The first-order valence-electron chi connectivity index (χ1n) is 8.71. The zero-order chi connectivity index (χ0) is 20.8. The molecule has 3 nitrogen and oxygen atoms in total. The Morgan fingerprint density at radius 1 is 0.828 bits per heavy atom. The third-order valence-electron chi connectivity index (χ3n) is 4.03. The number of hydrogen-bond donors (Lipinski definition) is 1. The van der Waals surface area contributed by atoms with Crippen LogP contribution in [0.4, 0.5) is 5.69 Å². The maximum atomic E-state index is 12.9. The summed E-state index contributed by atoms with van der Waals surface area (Å²) in [6.45, 7) is 0. The van der Waals surface area contributed by atoms with Crippen LogP contribution < -0.4 is 5.32 Å². The molecule has 7 heteroatoms. The summed E-state index contributed by atoms with van der Waals surface area (Å²) in [5.41, 5.74) is 1.05. The van der Waals surface area contributed by atoms with Crippen LogP contribution in [-0.4, -0.2) is 17.4 Å². The molecule has 148 valence electrons. The monoisotopic (exact) mass is 463 g/mol. The third-order valence-corrected chi connectivity index (χ3v) is 5.86. The average molecular weight is 465 g/mol. The van der Waals surface area contributed by atoms with Crippen LogP contribution in [0.1, 0.15) is 22.3 Å². The number of nitrogens with one attached hydrogen (secondary N) is 1. The summed E-state index contributed by atoms with van der Waals surface area (Å²) in [4.78, 5) is 26.4. The van der Waals surface area contributed by atoms with Crippen LogP contribution in [-0.2, 0) is 4.79 Å². The van der Waals surface area contributed by atoms with Crippen LogP contribution in [0.3, 0.4) is 0 Å². The van der Waals surface area contributed by atoms with Gasteiger partial charge in [-0.15, -0.1) is 11.8 Å². The van der Waals surface area contributed by atoms with E-state index in [9.17, 15) is 9.59 Å². The van der Waals surface area contributed by atoms with Crippen molar-refractivity contribution in [3.63, 3.8) is 0 Å². The lowest BCUT2D eigenvalue weighted by molar-refractivity contribution is -0.115. The fourth-order valence-electron chi connectivity index (χ4n) is 2.61. The van der Waals surface area contributed by atoms with E-state index in [4.69, 9.17) is 34.8 Å². The Kier molecular flexibility index (Phi) is 7.62. The van der Waals surface area contributed by atoms with Crippen molar-refractivity contribution in [2.24, 2.45) is 0 Å². The highest BCUT2D eigenvalue weighted by atomic mass is 35.5. The first kappa shape index (κ1) is 21.7. The van der Waals surface area contributed by atoms with E-state index in [1.54, 1.807) is 48.2 Å². The Hall–Kier alpha value is -1.98. The minimum absolute atomic E-state index is 0.193. The quantitative estimate of drug-likeness (QED) is 0.302. The molecule has 0 heterocycles. The lowest BCUT2D eigenvalue weighted by Gasteiger charge is -2.12. The first-order chi connectivity index (χ1) is 13.9. The summed E-state index contributed by atoms with van der Waals surface area (Å²) in [5.74, 6) is 0.0976. The van der Waals surface area contributed by atoms with E-state index in [0.29, 0.717) is 37.6 Å². The molecule has 0 bridgehead atoms. The second-order valence-corrected chi connectivity index (χ2v) is 8.55. The Morgan fingerprint density at radius 2 is 1.52 bits per heavy atom. The van der Waals surface area contributed by atoms with E-state index in [1.165, 1.54) is 6.07 Å². The molecule has 0 saturated carbocycles. The largest absolute Gasteiger partial charge is 0.325 e. The lowest BCUT2D eigenvalue weighted by Crippen LogP contribution is -2.15. The Morgan fingerprint density at radius 3 is 2.24 bits per heavy atom. The number of rotatable bonds is 7. The Bertz CT molecular complexity index is 1040. The van der Waals surface area contributed by atoms with Gasteiger partial charge in [-0.3, -0.25) is 9.59 Å². The summed E-state index contributed by atoms with van der Waals surface area (Å²) in [5, 5.41) is 4.22. The molecule has 0 atom stereocenters. The van der Waals surface area contributed by atoms with Crippen LogP contribution in [0.15, 0.2) is 71.6 Å². The first-order valence-corrected chi connectivity index (χ1v) is 10.8. The molecule has 3 rings (SSSR count). The summed E-state index contributed by atoms with van der Waals surface area (Å²) >= 11 is 19.7. The van der Waals surface area contributed by atoms with Crippen molar-refractivity contribution >= 4 is 63.9 Å². The molecule has 0 aliphatic rings. The Labute approximate surface area is 188 Å². The second kappa shape index (κ2) is 10.2. The highest BCUT2D eigenvalue weighted by Crippen LogP contribution is 2.27. The minimum Gasteiger partial charge on any atom is -0.325 e. The van der Waals surface area contributed by atoms with Gasteiger partial charge in [0.25, 0.3) is 0 Å². The van der Waals surface area contributed by atoms with Crippen molar-refractivity contribution in [1.29, 1.82) is 0 Å². The van der Waals surface area contributed by atoms with Crippen molar-refractivity contribution < 1.29 is 9.59 Å². The molecule has 0 unspecified atom stereocenters. The van der Waals surface area contributed by atoms with E-state index in [1.807, 2.05) is 24.3 Å². The van der Waals surface area contributed by atoms with E-state index in [-0.39, 0.29) is 18.1 Å². The average Bonchev–Trinajstić information content (AvgIpc) is 2.71. The molecule has 0 aliphatic carbocycles. The van der Waals surface area contributed by atoms with Crippen LogP contribution in [0.2, 0.25) is 15.1 Å². The number of ketones is 1.